The highest BCUT2D eigenvalue weighted by Gasteiger charge is 2.28. The summed E-state index contributed by atoms with van der Waals surface area (Å²) in [7, 11) is -1.44. The summed E-state index contributed by atoms with van der Waals surface area (Å²) >= 11 is 0. The van der Waals surface area contributed by atoms with Crippen molar-refractivity contribution in [1.82, 2.24) is 0 Å². The summed E-state index contributed by atoms with van der Waals surface area (Å²) in [6.45, 7) is 6.76. The highest BCUT2D eigenvalue weighted by Crippen LogP contribution is 2.21. The van der Waals surface area contributed by atoms with Crippen LogP contribution in [0.15, 0.2) is 42.7 Å². The molecule has 0 aliphatic rings. The van der Waals surface area contributed by atoms with Crippen LogP contribution in [-0.4, -0.2) is 8.32 Å². The number of rotatable bonds is 7. The molecule has 0 unspecified atom stereocenters. The van der Waals surface area contributed by atoms with Crippen LogP contribution in [-0.2, 0) is 10.8 Å². The van der Waals surface area contributed by atoms with Crippen molar-refractivity contribution in [2.45, 2.75) is 45.3 Å². The van der Waals surface area contributed by atoms with Crippen molar-refractivity contribution in [3.05, 3.63) is 48.2 Å². The summed E-state index contributed by atoms with van der Waals surface area (Å²) < 4.78 is 6.06. The molecule has 17 heavy (non-hydrogen) atoms. The fourth-order valence-corrected chi connectivity index (χ4v) is 4.38. The van der Waals surface area contributed by atoms with Gasteiger partial charge in [0.2, 0.25) is 8.32 Å². The molecule has 0 fully saturated rings. The summed E-state index contributed by atoms with van der Waals surface area (Å²) in [6, 6.07) is 14.1. The lowest BCUT2D eigenvalue weighted by Gasteiger charge is -2.26. The van der Waals surface area contributed by atoms with Crippen molar-refractivity contribution in [2.24, 2.45) is 0 Å². The fourth-order valence-electron chi connectivity index (χ4n) is 1.99. The third kappa shape index (κ3) is 4.39. The molecule has 0 aliphatic carbocycles. The predicted octanol–water partition coefficient (Wildman–Crippen LogP) is 4.76. The standard InChI is InChI=1S/C15H24OSi/c1-4-17(5-2,6-3)16-14-10-13-15-11-8-7-9-12-15/h7-12,14H,4-6,13H2,1-3H3/b14-10+. The van der Waals surface area contributed by atoms with Gasteiger partial charge in [-0.2, -0.15) is 0 Å². The Labute approximate surface area is 107 Å². The third-order valence-electron chi connectivity index (χ3n) is 3.54. The van der Waals surface area contributed by atoms with Crippen molar-refractivity contribution in [3.63, 3.8) is 0 Å². The number of allylic oxidation sites excluding steroid dienone is 1. The number of benzene rings is 1. The second kappa shape index (κ2) is 7.33. The smallest absolute Gasteiger partial charge is 0.249 e. The molecule has 0 N–H and O–H groups in total. The third-order valence-corrected chi connectivity index (χ3v) is 8.05. The Kier molecular flexibility index (Phi) is 6.05. The molecule has 0 amide bonds. The second-order valence-corrected chi connectivity index (χ2v) is 9.15. The normalized spacial score (nSPS) is 11.9. The minimum absolute atomic E-state index is 0.961. The van der Waals surface area contributed by atoms with Crippen LogP contribution < -0.4 is 0 Å². The minimum Gasteiger partial charge on any atom is -0.549 e. The van der Waals surface area contributed by atoms with Gasteiger partial charge >= 0.3 is 0 Å². The molecule has 1 nitrogen and oxygen atoms in total. The number of hydrogen-bond acceptors (Lipinski definition) is 1. The van der Waals surface area contributed by atoms with E-state index in [0.29, 0.717) is 0 Å². The topological polar surface area (TPSA) is 9.23 Å². The Balaban J connectivity index is 2.44. The second-order valence-electron chi connectivity index (χ2n) is 4.42. The molecule has 0 radical (unpaired) electrons. The highest BCUT2D eigenvalue weighted by atomic mass is 28.4. The van der Waals surface area contributed by atoms with Crippen LogP contribution in [0.3, 0.4) is 0 Å². The van der Waals surface area contributed by atoms with Crippen LogP contribution in [0.1, 0.15) is 26.3 Å². The molecule has 1 aromatic rings. The number of hydrogen-bond donors (Lipinski definition) is 0. The van der Waals surface area contributed by atoms with E-state index in [1.807, 2.05) is 12.3 Å². The zero-order chi connectivity index (χ0) is 12.6. The van der Waals surface area contributed by atoms with Gasteiger partial charge < -0.3 is 4.43 Å². The molecule has 0 heterocycles. The largest absolute Gasteiger partial charge is 0.549 e. The average Bonchev–Trinajstić information content (AvgIpc) is 2.41. The van der Waals surface area contributed by atoms with E-state index >= 15 is 0 Å². The van der Waals surface area contributed by atoms with Crippen molar-refractivity contribution in [3.8, 4) is 0 Å². The molecule has 2 heteroatoms. The van der Waals surface area contributed by atoms with Gasteiger partial charge in [-0.3, -0.25) is 0 Å². The van der Waals surface area contributed by atoms with Gasteiger partial charge in [0.05, 0.1) is 6.26 Å². The molecule has 1 aromatic carbocycles. The quantitative estimate of drug-likeness (QED) is 0.499. The van der Waals surface area contributed by atoms with Crippen molar-refractivity contribution in [2.75, 3.05) is 0 Å². The van der Waals surface area contributed by atoms with Gasteiger partial charge in [-0.25, -0.2) is 0 Å². The average molecular weight is 248 g/mol. The van der Waals surface area contributed by atoms with E-state index in [1.54, 1.807) is 0 Å². The van der Waals surface area contributed by atoms with Crippen LogP contribution >= 0.6 is 0 Å². The van der Waals surface area contributed by atoms with Crippen LogP contribution in [0.2, 0.25) is 18.1 Å². The first-order valence-electron chi connectivity index (χ1n) is 6.63. The molecule has 0 saturated heterocycles. The Morgan fingerprint density at radius 3 is 2.12 bits per heavy atom. The molecule has 1 rings (SSSR count). The first kappa shape index (κ1) is 14.0. The van der Waals surface area contributed by atoms with E-state index in [0.717, 1.165) is 6.42 Å². The van der Waals surface area contributed by atoms with Gasteiger partial charge in [0.1, 0.15) is 0 Å². The lowest BCUT2D eigenvalue weighted by atomic mass is 10.2. The van der Waals surface area contributed by atoms with E-state index in [-0.39, 0.29) is 0 Å². The molecule has 0 aliphatic heterocycles. The summed E-state index contributed by atoms with van der Waals surface area (Å²) in [5.41, 5.74) is 1.34. The minimum atomic E-state index is -1.44. The molecule has 0 atom stereocenters. The van der Waals surface area contributed by atoms with Crippen LogP contribution in [0.5, 0.6) is 0 Å². The SMILES string of the molecule is CC[Si](CC)(CC)O/C=C/Cc1ccccc1. The first-order valence-corrected chi connectivity index (χ1v) is 9.16. The summed E-state index contributed by atoms with van der Waals surface area (Å²) in [5, 5.41) is 0. The molecule has 0 bridgehead atoms. The maximum atomic E-state index is 6.06. The van der Waals surface area contributed by atoms with Crippen LogP contribution in [0.4, 0.5) is 0 Å². The summed E-state index contributed by atoms with van der Waals surface area (Å²) in [6.07, 6.45) is 5.04. The van der Waals surface area contributed by atoms with E-state index in [1.165, 1.54) is 23.7 Å². The van der Waals surface area contributed by atoms with Gasteiger partial charge in [0, 0.05) is 0 Å². The fraction of sp³-hybridized carbons (Fsp3) is 0.467. The molecule has 0 spiro atoms. The van der Waals surface area contributed by atoms with E-state index in [4.69, 9.17) is 4.43 Å². The lowest BCUT2D eigenvalue weighted by Crippen LogP contribution is -2.33. The Morgan fingerprint density at radius 1 is 1.00 bits per heavy atom. The monoisotopic (exact) mass is 248 g/mol. The van der Waals surface area contributed by atoms with Crippen molar-refractivity contribution >= 4 is 8.32 Å². The van der Waals surface area contributed by atoms with E-state index in [9.17, 15) is 0 Å². The molecule has 0 saturated carbocycles. The Hall–Kier alpha value is -1.02. The first-order chi connectivity index (χ1) is 8.26. The maximum Gasteiger partial charge on any atom is 0.249 e. The van der Waals surface area contributed by atoms with E-state index < -0.39 is 8.32 Å². The van der Waals surface area contributed by atoms with Gasteiger partial charge in [0.25, 0.3) is 0 Å². The maximum absolute atomic E-state index is 6.06. The molecule has 94 valence electrons. The van der Waals surface area contributed by atoms with Crippen molar-refractivity contribution in [1.29, 1.82) is 0 Å². The van der Waals surface area contributed by atoms with E-state index in [2.05, 4.69) is 51.1 Å². The Bertz CT molecular complexity index is 320. The summed E-state index contributed by atoms with van der Waals surface area (Å²) in [4.78, 5) is 0. The highest BCUT2D eigenvalue weighted by molar-refractivity contribution is 6.73. The molecular formula is C15H24OSi. The summed E-state index contributed by atoms with van der Waals surface area (Å²) in [5.74, 6) is 0. The van der Waals surface area contributed by atoms with Gasteiger partial charge in [-0.1, -0.05) is 51.1 Å². The lowest BCUT2D eigenvalue weighted by molar-refractivity contribution is 0.456. The van der Waals surface area contributed by atoms with Gasteiger partial charge in [0.15, 0.2) is 0 Å². The predicted molar refractivity (Wildman–Crippen MR) is 77.6 cm³/mol. The van der Waals surface area contributed by atoms with Crippen LogP contribution in [0.25, 0.3) is 0 Å². The van der Waals surface area contributed by atoms with Gasteiger partial charge in [-0.15, -0.1) is 0 Å². The van der Waals surface area contributed by atoms with Crippen LogP contribution in [0, 0.1) is 0 Å². The Morgan fingerprint density at radius 2 is 1.59 bits per heavy atom. The zero-order valence-corrected chi connectivity index (χ0v) is 12.3. The van der Waals surface area contributed by atoms with Gasteiger partial charge in [-0.05, 0) is 36.2 Å². The zero-order valence-electron chi connectivity index (χ0n) is 11.3. The molecule has 0 aromatic heterocycles. The molecular weight excluding hydrogens is 224 g/mol. The van der Waals surface area contributed by atoms with Crippen molar-refractivity contribution < 1.29 is 4.43 Å².